The van der Waals surface area contributed by atoms with E-state index in [-0.39, 0.29) is 12.1 Å². The molecular weight excluding hydrogens is 194 g/mol. The molecule has 1 rings (SSSR count). The molecule has 0 unspecified atom stereocenters. The van der Waals surface area contributed by atoms with Gasteiger partial charge in [-0.3, -0.25) is 0 Å². The number of hydrogen-bond acceptors (Lipinski definition) is 3. The third-order valence-corrected chi connectivity index (χ3v) is 2.41. The van der Waals surface area contributed by atoms with Gasteiger partial charge >= 0.3 is 6.09 Å². The second-order valence-corrected chi connectivity index (χ2v) is 5.66. The van der Waals surface area contributed by atoms with Crippen LogP contribution in [-0.2, 0) is 4.74 Å². The predicted molar refractivity (Wildman–Crippen MR) is 57.6 cm³/mol. The van der Waals surface area contributed by atoms with E-state index < -0.39 is 11.2 Å². The van der Waals surface area contributed by atoms with Gasteiger partial charge in [0.1, 0.15) is 5.60 Å². The van der Waals surface area contributed by atoms with Crippen LogP contribution in [0.2, 0.25) is 0 Å². The summed E-state index contributed by atoms with van der Waals surface area (Å²) < 4.78 is 5.26. The molecule has 1 aliphatic heterocycles. The molecule has 0 aromatic carbocycles. The molecule has 1 N–H and O–H groups in total. The summed E-state index contributed by atoms with van der Waals surface area (Å²) in [7, 11) is 0. The van der Waals surface area contributed by atoms with E-state index in [2.05, 4.69) is 0 Å². The fraction of sp³-hybridized carbons (Fsp3) is 0.909. The van der Waals surface area contributed by atoms with Crippen LogP contribution >= 0.6 is 0 Å². The van der Waals surface area contributed by atoms with Gasteiger partial charge in [-0.15, -0.1) is 0 Å². The van der Waals surface area contributed by atoms with E-state index >= 15 is 0 Å². The topological polar surface area (TPSA) is 49.8 Å². The highest BCUT2D eigenvalue weighted by Gasteiger charge is 2.40. The van der Waals surface area contributed by atoms with Crippen LogP contribution in [0.15, 0.2) is 0 Å². The first kappa shape index (κ1) is 12.3. The highest BCUT2D eigenvalue weighted by atomic mass is 16.6. The highest BCUT2D eigenvalue weighted by Crippen LogP contribution is 2.27. The van der Waals surface area contributed by atoms with Crippen molar-refractivity contribution in [1.82, 2.24) is 4.90 Å². The Bertz CT molecular complexity index is 255. The van der Waals surface area contributed by atoms with Gasteiger partial charge in [0.05, 0.1) is 12.1 Å². The maximum absolute atomic E-state index is 11.8. The molecule has 0 aromatic heterocycles. The first-order valence-corrected chi connectivity index (χ1v) is 5.33. The lowest BCUT2D eigenvalue weighted by atomic mass is 10.0. The number of rotatable bonds is 0. The third-order valence-electron chi connectivity index (χ3n) is 2.41. The van der Waals surface area contributed by atoms with Crippen LogP contribution in [-0.4, -0.2) is 39.9 Å². The van der Waals surface area contributed by atoms with Gasteiger partial charge in [0, 0.05) is 6.04 Å². The highest BCUT2D eigenvalue weighted by molar-refractivity contribution is 5.69. The van der Waals surface area contributed by atoms with Gasteiger partial charge in [0.15, 0.2) is 0 Å². The molecule has 2 atom stereocenters. The van der Waals surface area contributed by atoms with Crippen LogP contribution in [0.4, 0.5) is 4.79 Å². The van der Waals surface area contributed by atoms with E-state index in [1.807, 2.05) is 27.7 Å². The summed E-state index contributed by atoms with van der Waals surface area (Å²) in [5.74, 6) is 0. The van der Waals surface area contributed by atoms with Crippen molar-refractivity contribution in [2.24, 2.45) is 0 Å². The molecule has 0 spiro atoms. The van der Waals surface area contributed by atoms with Crippen LogP contribution in [0.1, 0.15) is 41.0 Å². The number of carbonyl (C=O) groups excluding carboxylic acids is 1. The van der Waals surface area contributed by atoms with E-state index in [9.17, 15) is 9.90 Å². The summed E-state index contributed by atoms with van der Waals surface area (Å²) in [5.41, 5.74) is -1.26. The van der Waals surface area contributed by atoms with Gasteiger partial charge in [-0.2, -0.15) is 0 Å². The predicted octanol–water partition coefficient (Wildman–Crippen LogP) is 1.77. The minimum atomic E-state index is -0.781. The van der Waals surface area contributed by atoms with Crippen LogP contribution in [0.25, 0.3) is 0 Å². The van der Waals surface area contributed by atoms with Gasteiger partial charge < -0.3 is 14.7 Å². The molecule has 0 aliphatic carbocycles. The molecule has 0 aromatic rings. The number of ether oxygens (including phenoxy) is 1. The summed E-state index contributed by atoms with van der Waals surface area (Å²) in [6.07, 6.45) is 0.263. The minimum absolute atomic E-state index is 0.0369. The monoisotopic (exact) mass is 215 g/mol. The number of hydrogen-bond donors (Lipinski definition) is 1. The maximum Gasteiger partial charge on any atom is 0.410 e. The van der Waals surface area contributed by atoms with Crippen molar-refractivity contribution in [2.45, 2.75) is 58.3 Å². The third kappa shape index (κ3) is 3.38. The van der Waals surface area contributed by atoms with Gasteiger partial charge in [0.25, 0.3) is 0 Å². The Morgan fingerprint density at radius 1 is 1.53 bits per heavy atom. The minimum Gasteiger partial charge on any atom is -0.444 e. The van der Waals surface area contributed by atoms with E-state index in [1.54, 1.807) is 11.8 Å². The summed E-state index contributed by atoms with van der Waals surface area (Å²) in [5, 5.41) is 9.83. The van der Waals surface area contributed by atoms with Gasteiger partial charge in [-0.1, -0.05) is 0 Å². The summed E-state index contributed by atoms with van der Waals surface area (Å²) in [4.78, 5) is 13.3. The van der Waals surface area contributed by atoms with Crippen LogP contribution in [0.3, 0.4) is 0 Å². The molecular formula is C11H21NO3. The van der Waals surface area contributed by atoms with E-state index in [1.165, 1.54) is 0 Å². The quantitative estimate of drug-likeness (QED) is 0.670. The lowest BCUT2D eigenvalue weighted by Gasteiger charge is -2.27. The van der Waals surface area contributed by atoms with E-state index in [0.29, 0.717) is 13.0 Å². The van der Waals surface area contributed by atoms with Gasteiger partial charge in [0.2, 0.25) is 0 Å². The molecule has 1 heterocycles. The standard InChI is InChI=1S/C11H21NO3/c1-8-6-11(5,14)7-12(8)9(13)15-10(2,3)4/h8,14H,6-7H2,1-5H3/t8-,11+/m1/s1. The first-order valence-electron chi connectivity index (χ1n) is 5.33. The molecule has 1 saturated heterocycles. The zero-order chi connectivity index (χ0) is 11.9. The number of aliphatic hydroxyl groups is 1. The Kier molecular flexibility index (Phi) is 3.01. The largest absolute Gasteiger partial charge is 0.444 e. The van der Waals surface area contributed by atoms with Crippen LogP contribution in [0, 0.1) is 0 Å². The van der Waals surface area contributed by atoms with Crippen molar-refractivity contribution in [3.8, 4) is 0 Å². The van der Waals surface area contributed by atoms with Crippen molar-refractivity contribution < 1.29 is 14.6 Å². The van der Waals surface area contributed by atoms with Crippen LogP contribution < -0.4 is 0 Å². The molecule has 4 nitrogen and oxygen atoms in total. The van der Waals surface area contributed by atoms with Gasteiger partial charge in [-0.25, -0.2) is 4.79 Å². The Labute approximate surface area is 91.2 Å². The number of β-amino-alcohol motifs (C(OH)–C–C–N with tert-alkyl or cyclic N) is 1. The van der Waals surface area contributed by atoms with Crippen molar-refractivity contribution in [1.29, 1.82) is 0 Å². The Morgan fingerprint density at radius 2 is 2.07 bits per heavy atom. The zero-order valence-corrected chi connectivity index (χ0v) is 10.2. The normalized spacial score (nSPS) is 31.9. The lowest BCUT2D eigenvalue weighted by molar-refractivity contribution is 0.0161. The summed E-state index contributed by atoms with van der Waals surface area (Å²) >= 11 is 0. The SMILES string of the molecule is C[C@@H]1C[C@](C)(O)CN1C(=O)OC(C)(C)C. The second kappa shape index (κ2) is 3.67. The molecule has 1 fully saturated rings. The Hall–Kier alpha value is -0.770. The summed E-state index contributed by atoms with van der Waals surface area (Å²) in [6.45, 7) is 9.53. The van der Waals surface area contributed by atoms with E-state index in [0.717, 1.165) is 0 Å². The molecule has 0 radical (unpaired) electrons. The first-order chi connectivity index (χ1) is 6.61. The summed E-state index contributed by atoms with van der Waals surface area (Å²) in [6, 6.07) is 0.0369. The fourth-order valence-electron chi connectivity index (χ4n) is 1.90. The number of likely N-dealkylation sites (tertiary alicyclic amines) is 1. The van der Waals surface area contributed by atoms with Gasteiger partial charge in [-0.05, 0) is 41.0 Å². The average Bonchev–Trinajstić information content (AvgIpc) is 2.20. The second-order valence-electron chi connectivity index (χ2n) is 5.66. The molecule has 0 bridgehead atoms. The number of amides is 1. The Balaban J connectivity index is 2.62. The van der Waals surface area contributed by atoms with Crippen molar-refractivity contribution in [3.05, 3.63) is 0 Å². The molecule has 0 saturated carbocycles. The van der Waals surface area contributed by atoms with Crippen molar-refractivity contribution in [2.75, 3.05) is 6.54 Å². The molecule has 1 aliphatic rings. The number of carbonyl (C=O) groups is 1. The van der Waals surface area contributed by atoms with Crippen molar-refractivity contribution in [3.63, 3.8) is 0 Å². The lowest BCUT2D eigenvalue weighted by Crippen LogP contribution is -2.40. The van der Waals surface area contributed by atoms with Crippen molar-refractivity contribution >= 4 is 6.09 Å². The smallest absolute Gasteiger partial charge is 0.410 e. The van der Waals surface area contributed by atoms with Crippen LogP contribution in [0.5, 0.6) is 0 Å². The zero-order valence-electron chi connectivity index (χ0n) is 10.2. The Morgan fingerprint density at radius 3 is 2.40 bits per heavy atom. The molecule has 15 heavy (non-hydrogen) atoms. The number of nitrogens with zero attached hydrogens (tertiary/aromatic N) is 1. The van der Waals surface area contributed by atoms with E-state index in [4.69, 9.17) is 4.74 Å². The molecule has 4 heteroatoms. The molecule has 88 valence electrons. The fourth-order valence-corrected chi connectivity index (χ4v) is 1.90. The average molecular weight is 215 g/mol. The molecule has 1 amide bonds. The maximum atomic E-state index is 11.8.